The quantitative estimate of drug-likeness (QED) is 0.482. The molecule has 3 aromatic rings. The maximum atomic E-state index is 12.8. The van der Waals surface area contributed by atoms with Gasteiger partial charge in [-0.25, -0.2) is 4.98 Å². The van der Waals surface area contributed by atoms with Crippen molar-refractivity contribution in [2.24, 2.45) is 4.99 Å². The number of imidazole rings is 1. The van der Waals surface area contributed by atoms with Crippen LogP contribution >= 0.6 is 0 Å². The van der Waals surface area contributed by atoms with Crippen LogP contribution < -0.4 is 0 Å². The van der Waals surface area contributed by atoms with Crippen LogP contribution in [0.15, 0.2) is 70.9 Å². The zero-order chi connectivity index (χ0) is 20.2. The number of Topliss-reactive ketones (excluding diaryl/α,β-unsaturated/α-hetero) is 1. The van der Waals surface area contributed by atoms with Gasteiger partial charge in [0.25, 0.3) is 0 Å². The summed E-state index contributed by atoms with van der Waals surface area (Å²) in [5, 5.41) is 10.4. The lowest BCUT2D eigenvalue weighted by Gasteiger charge is -2.26. The van der Waals surface area contributed by atoms with E-state index in [0.717, 1.165) is 22.4 Å². The van der Waals surface area contributed by atoms with E-state index in [4.69, 9.17) is 4.99 Å². The first-order valence-corrected chi connectivity index (χ1v) is 10.1. The highest BCUT2D eigenvalue weighted by molar-refractivity contribution is 6.24. The summed E-state index contributed by atoms with van der Waals surface area (Å²) in [4.78, 5) is 25.5. The van der Waals surface area contributed by atoms with Crippen molar-refractivity contribution in [3.05, 3.63) is 77.3 Å². The van der Waals surface area contributed by atoms with Gasteiger partial charge in [-0.3, -0.25) is 9.79 Å². The minimum atomic E-state index is -0.0214. The summed E-state index contributed by atoms with van der Waals surface area (Å²) in [6.07, 6.45) is 2.16. The van der Waals surface area contributed by atoms with Gasteiger partial charge in [0.05, 0.1) is 16.6 Å². The lowest BCUT2D eigenvalue weighted by Crippen LogP contribution is -2.27. The third-order valence-corrected chi connectivity index (χ3v) is 5.42. The number of aliphatic imine (C=N–C) groups is 1. The molecule has 0 saturated heterocycles. The zero-order valence-electron chi connectivity index (χ0n) is 16.6. The molecule has 0 aliphatic heterocycles. The maximum absolute atomic E-state index is 12.8. The molecule has 2 aromatic carbocycles. The highest BCUT2D eigenvalue weighted by Crippen LogP contribution is 2.33. The summed E-state index contributed by atoms with van der Waals surface area (Å²) in [7, 11) is 0. The number of hydrogen-bond donors (Lipinski definition) is 2. The van der Waals surface area contributed by atoms with Gasteiger partial charge in [-0.2, -0.15) is 0 Å². The van der Waals surface area contributed by atoms with E-state index in [-0.39, 0.29) is 17.5 Å². The third-order valence-electron chi connectivity index (χ3n) is 5.42. The number of carbonyl (C=O) groups excluding carboxylic acids is 1. The van der Waals surface area contributed by atoms with E-state index >= 15 is 0 Å². The number of allylic oxidation sites excluding steroid dienone is 2. The number of aromatic nitrogens is 2. The third kappa shape index (κ3) is 4.14. The molecule has 5 heteroatoms. The van der Waals surface area contributed by atoms with Crippen LogP contribution in [0, 0.1) is 0 Å². The molecule has 0 bridgehead atoms. The molecule has 1 saturated carbocycles. The van der Waals surface area contributed by atoms with Crippen LogP contribution in [0.4, 0.5) is 0 Å². The monoisotopic (exact) mass is 387 g/mol. The van der Waals surface area contributed by atoms with Gasteiger partial charge in [0.2, 0.25) is 0 Å². The van der Waals surface area contributed by atoms with Crippen molar-refractivity contribution in [1.29, 1.82) is 0 Å². The van der Waals surface area contributed by atoms with E-state index in [0.29, 0.717) is 43.5 Å². The summed E-state index contributed by atoms with van der Waals surface area (Å²) >= 11 is 0. The molecule has 0 amide bonds. The van der Waals surface area contributed by atoms with Crippen LogP contribution in [0.5, 0.6) is 0 Å². The molecule has 2 N–H and O–H groups in total. The number of aliphatic hydroxyl groups is 1. The fourth-order valence-corrected chi connectivity index (χ4v) is 3.92. The van der Waals surface area contributed by atoms with Crippen molar-refractivity contribution in [1.82, 2.24) is 9.97 Å². The summed E-state index contributed by atoms with van der Waals surface area (Å²) in [6, 6.07) is 18.0. The molecule has 148 valence electrons. The molecule has 1 fully saturated rings. The van der Waals surface area contributed by atoms with E-state index in [2.05, 4.69) is 22.1 Å². The number of aromatic amines is 1. The lowest BCUT2D eigenvalue weighted by atomic mass is 9.79. The minimum Gasteiger partial charge on any atom is -0.512 e. The number of carbonyl (C=O) groups is 1. The fourth-order valence-electron chi connectivity index (χ4n) is 3.92. The highest BCUT2D eigenvalue weighted by Gasteiger charge is 2.31. The van der Waals surface area contributed by atoms with Gasteiger partial charge in [0, 0.05) is 31.5 Å². The number of benzene rings is 2. The Balaban J connectivity index is 1.57. The van der Waals surface area contributed by atoms with Gasteiger partial charge in [0.15, 0.2) is 5.78 Å². The van der Waals surface area contributed by atoms with Crippen LogP contribution in [0.25, 0.3) is 11.0 Å². The smallest absolute Gasteiger partial charge is 0.168 e. The van der Waals surface area contributed by atoms with E-state index in [9.17, 15) is 9.90 Å². The number of nitrogens with zero attached hydrogens (tertiary/aromatic N) is 2. The Kier molecular flexibility index (Phi) is 5.56. The van der Waals surface area contributed by atoms with Gasteiger partial charge in [-0.15, -0.1) is 0 Å². The van der Waals surface area contributed by atoms with Crippen molar-refractivity contribution in [3.8, 4) is 0 Å². The first kappa shape index (κ1) is 19.1. The van der Waals surface area contributed by atoms with Crippen molar-refractivity contribution < 1.29 is 9.90 Å². The van der Waals surface area contributed by atoms with Crippen LogP contribution in [0.2, 0.25) is 0 Å². The van der Waals surface area contributed by atoms with Gasteiger partial charge in [-0.05, 0) is 30.0 Å². The number of rotatable bonds is 5. The summed E-state index contributed by atoms with van der Waals surface area (Å²) in [6.45, 7) is 2.37. The van der Waals surface area contributed by atoms with Crippen LogP contribution in [-0.4, -0.2) is 33.1 Å². The standard InChI is InChI=1S/C24H25N3O2/c1-2-21(28)24-20(14-17(15-22(24)29)16-8-4-3-5-9-16)25-13-12-23-26-18-10-6-7-11-19(18)27-23/h3-11,17,28H,2,12-15H2,1H3,(H,26,27)/b24-21+,25-20?. The Morgan fingerprint density at radius 2 is 1.90 bits per heavy atom. The maximum Gasteiger partial charge on any atom is 0.168 e. The van der Waals surface area contributed by atoms with Gasteiger partial charge >= 0.3 is 0 Å². The molecule has 1 aliphatic carbocycles. The molecule has 5 nitrogen and oxygen atoms in total. The van der Waals surface area contributed by atoms with Crippen molar-refractivity contribution in [3.63, 3.8) is 0 Å². The minimum absolute atomic E-state index is 0.0214. The fraction of sp³-hybridized carbons (Fsp3) is 0.292. The number of H-pyrrole nitrogens is 1. The van der Waals surface area contributed by atoms with Crippen molar-refractivity contribution in [2.45, 2.75) is 38.5 Å². The topological polar surface area (TPSA) is 78.3 Å². The Hall–Kier alpha value is -3.21. The highest BCUT2D eigenvalue weighted by atomic mass is 16.3. The van der Waals surface area contributed by atoms with Crippen molar-refractivity contribution >= 4 is 22.5 Å². The molecule has 0 spiro atoms. The van der Waals surface area contributed by atoms with E-state index in [1.54, 1.807) is 0 Å². The number of para-hydroxylation sites is 2. The number of nitrogens with one attached hydrogen (secondary N) is 1. The van der Waals surface area contributed by atoms with E-state index in [1.165, 1.54) is 0 Å². The van der Waals surface area contributed by atoms with Crippen molar-refractivity contribution in [2.75, 3.05) is 6.54 Å². The normalized spacial score (nSPS) is 20.4. The number of fused-ring (bicyclic) bond motifs is 1. The molecule has 1 atom stereocenters. The van der Waals surface area contributed by atoms with Gasteiger partial charge in [0.1, 0.15) is 11.6 Å². The number of aliphatic hydroxyl groups excluding tert-OH is 1. The molecule has 1 aliphatic rings. The lowest BCUT2D eigenvalue weighted by molar-refractivity contribution is -0.115. The van der Waals surface area contributed by atoms with Gasteiger partial charge in [-0.1, -0.05) is 49.4 Å². The summed E-state index contributed by atoms with van der Waals surface area (Å²) in [5.41, 5.74) is 4.23. The van der Waals surface area contributed by atoms with E-state index in [1.807, 2.05) is 49.4 Å². The summed E-state index contributed by atoms with van der Waals surface area (Å²) < 4.78 is 0. The SMILES string of the molecule is CC/C(O)=C1\C(=O)CC(c2ccccc2)CC1=NCCc1nc2ccccc2[nH]1. The first-order valence-electron chi connectivity index (χ1n) is 10.1. The van der Waals surface area contributed by atoms with Crippen LogP contribution in [0.3, 0.4) is 0 Å². The average molecular weight is 387 g/mol. The van der Waals surface area contributed by atoms with Gasteiger partial charge < -0.3 is 10.1 Å². The average Bonchev–Trinajstić information content (AvgIpc) is 3.16. The molecule has 1 heterocycles. The predicted molar refractivity (Wildman–Crippen MR) is 115 cm³/mol. The molecular formula is C24H25N3O2. The molecule has 1 unspecified atom stereocenters. The molecule has 4 rings (SSSR count). The Morgan fingerprint density at radius 3 is 2.66 bits per heavy atom. The summed E-state index contributed by atoms with van der Waals surface area (Å²) in [5.74, 6) is 1.10. The molecule has 0 radical (unpaired) electrons. The Morgan fingerprint density at radius 1 is 1.14 bits per heavy atom. The second-order valence-electron chi connectivity index (χ2n) is 7.39. The molecule has 1 aromatic heterocycles. The molecular weight excluding hydrogens is 362 g/mol. The second-order valence-corrected chi connectivity index (χ2v) is 7.39. The molecule has 29 heavy (non-hydrogen) atoms. The second kappa shape index (κ2) is 8.43. The Bertz CT molecular complexity index is 1050. The largest absolute Gasteiger partial charge is 0.512 e. The van der Waals surface area contributed by atoms with E-state index < -0.39 is 0 Å². The first-order chi connectivity index (χ1) is 14.2. The zero-order valence-corrected chi connectivity index (χ0v) is 16.6. The number of hydrogen-bond acceptors (Lipinski definition) is 4. The predicted octanol–water partition coefficient (Wildman–Crippen LogP) is 4.92. The van der Waals surface area contributed by atoms with Crippen LogP contribution in [0.1, 0.15) is 43.5 Å². The van der Waals surface area contributed by atoms with Crippen LogP contribution in [-0.2, 0) is 11.2 Å². The number of ketones is 1. The Labute approximate surface area is 170 Å².